The van der Waals surface area contributed by atoms with Crippen LogP contribution in [0.15, 0.2) is 53.7 Å². The Morgan fingerprint density at radius 3 is 2.62 bits per heavy atom. The predicted molar refractivity (Wildman–Crippen MR) is 113 cm³/mol. The van der Waals surface area contributed by atoms with Gasteiger partial charge in [-0.05, 0) is 48.4 Å². The first-order valence-electron chi connectivity index (χ1n) is 9.22. The fourth-order valence-corrected chi connectivity index (χ4v) is 3.52. The van der Waals surface area contributed by atoms with E-state index in [2.05, 4.69) is 29.4 Å². The van der Waals surface area contributed by atoms with Crippen LogP contribution in [0, 0.1) is 11.7 Å². The van der Waals surface area contributed by atoms with Crippen molar-refractivity contribution in [1.82, 2.24) is 14.8 Å². The summed E-state index contributed by atoms with van der Waals surface area (Å²) in [6, 6.07) is 13.4. The van der Waals surface area contributed by atoms with Gasteiger partial charge in [0.05, 0.1) is 12.9 Å². The summed E-state index contributed by atoms with van der Waals surface area (Å²) in [7, 11) is 1.62. The maximum atomic E-state index is 13.3. The van der Waals surface area contributed by atoms with Gasteiger partial charge in [0.1, 0.15) is 11.6 Å². The van der Waals surface area contributed by atoms with Gasteiger partial charge in [-0.3, -0.25) is 4.79 Å². The van der Waals surface area contributed by atoms with Crippen LogP contribution >= 0.6 is 11.8 Å². The fraction of sp³-hybridized carbons (Fsp3) is 0.286. The second-order valence-corrected chi connectivity index (χ2v) is 7.83. The van der Waals surface area contributed by atoms with Crippen molar-refractivity contribution in [1.29, 1.82) is 0 Å². The van der Waals surface area contributed by atoms with E-state index in [9.17, 15) is 9.18 Å². The first kappa shape index (κ1) is 20.9. The number of methoxy groups -OCH3 is 1. The normalized spacial score (nSPS) is 10.9. The molecule has 29 heavy (non-hydrogen) atoms. The van der Waals surface area contributed by atoms with Gasteiger partial charge in [-0.2, -0.15) is 0 Å². The molecule has 3 aromatic rings. The number of amides is 1. The van der Waals surface area contributed by atoms with Crippen LogP contribution in [-0.4, -0.2) is 33.5 Å². The summed E-state index contributed by atoms with van der Waals surface area (Å²) < 4.78 is 20.5. The molecular weight excluding hydrogens is 391 g/mol. The molecular formula is C21H23FN4O2S. The molecule has 0 aliphatic carbocycles. The van der Waals surface area contributed by atoms with Gasteiger partial charge < -0.3 is 14.6 Å². The second kappa shape index (κ2) is 9.56. The summed E-state index contributed by atoms with van der Waals surface area (Å²) in [6.45, 7) is 4.95. The average molecular weight is 415 g/mol. The van der Waals surface area contributed by atoms with Crippen molar-refractivity contribution >= 4 is 23.4 Å². The molecule has 0 aliphatic heterocycles. The first-order chi connectivity index (χ1) is 14.0. The molecule has 1 amide bonds. The minimum atomic E-state index is -0.392. The number of nitrogens with zero attached hydrogens (tertiary/aromatic N) is 3. The number of anilines is 1. The van der Waals surface area contributed by atoms with Crippen LogP contribution in [-0.2, 0) is 11.3 Å². The number of hydrogen-bond acceptors (Lipinski definition) is 5. The Bertz CT molecular complexity index is 973. The van der Waals surface area contributed by atoms with Gasteiger partial charge in [0.25, 0.3) is 0 Å². The van der Waals surface area contributed by atoms with Crippen LogP contribution in [0.3, 0.4) is 0 Å². The number of halogens is 1. The molecule has 152 valence electrons. The number of benzene rings is 2. The van der Waals surface area contributed by atoms with Gasteiger partial charge >= 0.3 is 0 Å². The monoisotopic (exact) mass is 414 g/mol. The van der Waals surface area contributed by atoms with Gasteiger partial charge in [-0.25, -0.2) is 4.39 Å². The minimum Gasteiger partial charge on any atom is -0.497 e. The van der Waals surface area contributed by atoms with E-state index in [1.54, 1.807) is 19.2 Å². The summed E-state index contributed by atoms with van der Waals surface area (Å²) in [5.74, 6) is 1.42. The molecule has 3 rings (SSSR count). The summed E-state index contributed by atoms with van der Waals surface area (Å²) in [4.78, 5) is 12.3. The van der Waals surface area contributed by atoms with E-state index in [0.29, 0.717) is 16.8 Å². The van der Waals surface area contributed by atoms with Crippen LogP contribution in [0.4, 0.5) is 10.1 Å². The van der Waals surface area contributed by atoms with E-state index < -0.39 is 5.82 Å². The molecule has 8 heteroatoms. The van der Waals surface area contributed by atoms with E-state index in [4.69, 9.17) is 4.74 Å². The third kappa shape index (κ3) is 5.57. The number of nitrogens with one attached hydrogen (secondary N) is 1. The van der Waals surface area contributed by atoms with Crippen LogP contribution in [0.2, 0.25) is 0 Å². The number of ether oxygens (including phenoxy) is 1. The Hall–Kier alpha value is -2.87. The standard InChI is InChI=1S/C21H23FN4O2S/c1-14(2)12-26-20(15-7-9-18(28-3)10-8-15)24-25-21(26)29-13-19(27)23-17-6-4-5-16(22)11-17/h4-11,14H,12-13H2,1-3H3,(H,23,27). The summed E-state index contributed by atoms with van der Waals surface area (Å²) in [6.07, 6.45) is 0. The van der Waals surface area contributed by atoms with E-state index in [0.717, 1.165) is 23.7 Å². The van der Waals surface area contributed by atoms with Crippen LogP contribution in [0.5, 0.6) is 5.75 Å². The van der Waals surface area contributed by atoms with Crippen molar-refractivity contribution in [3.8, 4) is 17.1 Å². The van der Waals surface area contributed by atoms with Gasteiger partial charge in [0, 0.05) is 17.8 Å². The molecule has 0 radical (unpaired) electrons. The highest BCUT2D eigenvalue weighted by Gasteiger charge is 2.17. The molecule has 1 N–H and O–H groups in total. The zero-order chi connectivity index (χ0) is 20.8. The Morgan fingerprint density at radius 1 is 1.21 bits per heavy atom. The molecule has 1 heterocycles. The SMILES string of the molecule is COc1ccc(-c2nnc(SCC(=O)Nc3cccc(F)c3)n2CC(C)C)cc1. The third-order valence-electron chi connectivity index (χ3n) is 4.05. The lowest BCUT2D eigenvalue weighted by atomic mass is 10.2. The van der Waals surface area contributed by atoms with E-state index in [1.165, 1.54) is 23.9 Å². The molecule has 0 unspecified atom stereocenters. The lowest BCUT2D eigenvalue weighted by Gasteiger charge is -2.13. The Labute approximate surface area is 173 Å². The maximum absolute atomic E-state index is 13.3. The minimum absolute atomic E-state index is 0.148. The van der Waals surface area contributed by atoms with Gasteiger partial charge in [0.2, 0.25) is 5.91 Å². The summed E-state index contributed by atoms with van der Waals surface area (Å²) in [5.41, 5.74) is 1.35. The quantitative estimate of drug-likeness (QED) is 0.551. The molecule has 6 nitrogen and oxygen atoms in total. The van der Waals surface area contributed by atoms with Crippen molar-refractivity contribution in [2.75, 3.05) is 18.2 Å². The van der Waals surface area contributed by atoms with E-state index >= 15 is 0 Å². The number of aromatic nitrogens is 3. The first-order valence-corrected chi connectivity index (χ1v) is 10.2. The van der Waals surface area contributed by atoms with Crippen LogP contribution < -0.4 is 10.1 Å². The van der Waals surface area contributed by atoms with Crippen LogP contribution in [0.1, 0.15) is 13.8 Å². The number of carbonyl (C=O) groups is 1. The Morgan fingerprint density at radius 2 is 1.97 bits per heavy atom. The molecule has 0 bridgehead atoms. The number of thioether (sulfide) groups is 1. The second-order valence-electron chi connectivity index (χ2n) is 6.89. The van der Waals surface area contributed by atoms with Crippen molar-refractivity contribution in [2.45, 2.75) is 25.5 Å². The van der Waals surface area contributed by atoms with Crippen molar-refractivity contribution in [3.63, 3.8) is 0 Å². The van der Waals surface area contributed by atoms with E-state index in [1.807, 2.05) is 28.8 Å². The average Bonchev–Trinajstić information content (AvgIpc) is 3.08. The summed E-state index contributed by atoms with van der Waals surface area (Å²) >= 11 is 1.30. The fourth-order valence-electron chi connectivity index (χ4n) is 2.77. The molecule has 2 aromatic carbocycles. The van der Waals surface area contributed by atoms with Gasteiger partial charge in [0.15, 0.2) is 11.0 Å². The van der Waals surface area contributed by atoms with Crippen molar-refractivity contribution < 1.29 is 13.9 Å². The Balaban J connectivity index is 1.74. The molecule has 0 aliphatic rings. The lowest BCUT2D eigenvalue weighted by Crippen LogP contribution is -2.15. The van der Waals surface area contributed by atoms with E-state index in [-0.39, 0.29) is 11.7 Å². The maximum Gasteiger partial charge on any atom is 0.234 e. The smallest absolute Gasteiger partial charge is 0.234 e. The predicted octanol–water partition coefficient (Wildman–Crippen LogP) is 4.48. The number of carbonyl (C=O) groups excluding carboxylic acids is 1. The molecule has 0 atom stereocenters. The topological polar surface area (TPSA) is 69.0 Å². The molecule has 0 saturated carbocycles. The highest BCUT2D eigenvalue weighted by molar-refractivity contribution is 7.99. The zero-order valence-corrected chi connectivity index (χ0v) is 17.4. The lowest BCUT2D eigenvalue weighted by molar-refractivity contribution is -0.113. The van der Waals surface area contributed by atoms with Crippen LogP contribution in [0.25, 0.3) is 11.4 Å². The summed E-state index contributed by atoms with van der Waals surface area (Å²) in [5, 5.41) is 12.0. The van der Waals surface area contributed by atoms with Crippen molar-refractivity contribution in [2.24, 2.45) is 5.92 Å². The molecule has 0 saturated heterocycles. The third-order valence-corrected chi connectivity index (χ3v) is 5.02. The number of hydrogen-bond donors (Lipinski definition) is 1. The van der Waals surface area contributed by atoms with Gasteiger partial charge in [-0.1, -0.05) is 31.7 Å². The molecule has 0 spiro atoms. The number of rotatable bonds is 8. The highest BCUT2D eigenvalue weighted by atomic mass is 32.2. The highest BCUT2D eigenvalue weighted by Crippen LogP contribution is 2.26. The largest absolute Gasteiger partial charge is 0.497 e. The zero-order valence-electron chi connectivity index (χ0n) is 16.6. The van der Waals surface area contributed by atoms with Crippen molar-refractivity contribution in [3.05, 3.63) is 54.3 Å². The molecule has 0 fully saturated rings. The van der Waals surface area contributed by atoms with Gasteiger partial charge in [-0.15, -0.1) is 10.2 Å². The molecule has 1 aromatic heterocycles. The Kier molecular flexibility index (Phi) is 6.87.